The van der Waals surface area contributed by atoms with Gasteiger partial charge in [0.05, 0.1) is 12.0 Å². The van der Waals surface area contributed by atoms with Crippen molar-refractivity contribution >= 4 is 5.91 Å². The van der Waals surface area contributed by atoms with Gasteiger partial charge in [0.25, 0.3) is 0 Å². The lowest BCUT2D eigenvalue weighted by atomic mass is 9.74. The summed E-state index contributed by atoms with van der Waals surface area (Å²) in [5.74, 6) is 0.00984. The van der Waals surface area contributed by atoms with E-state index in [9.17, 15) is 9.90 Å². The second kappa shape index (κ2) is 8.51. The number of carbonyl (C=O) groups is 1. The molecule has 3 rings (SSSR count). The Hall–Kier alpha value is -1.43. The van der Waals surface area contributed by atoms with E-state index >= 15 is 0 Å². The third-order valence-electron chi connectivity index (χ3n) is 6.02. The lowest BCUT2D eigenvalue weighted by molar-refractivity contribution is -0.128. The first-order chi connectivity index (χ1) is 12.4. The van der Waals surface area contributed by atoms with Crippen LogP contribution in [0.2, 0.25) is 0 Å². The minimum absolute atomic E-state index is 0.0787. The van der Waals surface area contributed by atoms with Crippen LogP contribution in [0.1, 0.15) is 56.6 Å². The van der Waals surface area contributed by atoms with Crippen LogP contribution in [-0.4, -0.2) is 40.6 Å². The zero-order valence-corrected chi connectivity index (χ0v) is 15.9. The van der Waals surface area contributed by atoms with Crippen molar-refractivity contribution < 1.29 is 9.90 Å². The Morgan fingerprint density at radius 1 is 1.19 bits per heavy atom. The van der Waals surface area contributed by atoms with E-state index in [1.54, 1.807) is 0 Å². The molecule has 0 bridgehead atoms. The Morgan fingerprint density at radius 2 is 1.85 bits per heavy atom. The highest BCUT2D eigenvalue weighted by Gasteiger charge is 2.37. The lowest BCUT2D eigenvalue weighted by Crippen LogP contribution is -2.52. The van der Waals surface area contributed by atoms with Gasteiger partial charge in [0, 0.05) is 31.7 Å². The monoisotopic (exact) mass is 359 g/mol. The van der Waals surface area contributed by atoms with Crippen LogP contribution in [0.4, 0.5) is 0 Å². The first-order valence-electron chi connectivity index (χ1n) is 9.99. The van der Waals surface area contributed by atoms with Crippen molar-refractivity contribution in [3.8, 4) is 0 Å². The second-order valence-corrected chi connectivity index (χ2v) is 8.35. The Labute approximate surface area is 156 Å². The van der Waals surface area contributed by atoms with E-state index in [1.807, 2.05) is 6.92 Å². The van der Waals surface area contributed by atoms with Crippen molar-refractivity contribution in [1.82, 2.24) is 10.2 Å². The van der Waals surface area contributed by atoms with Gasteiger partial charge in [-0.2, -0.15) is 0 Å². The molecule has 5 nitrogen and oxygen atoms in total. The van der Waals surface area contributed by atoms with Crippen LogP contribution >= 0.6 is 0 Å². The molecular formula is C21H33N3O2. The van der Waals surface area contributed by atoms with Crippen molar-refractivity contribution in [2.24, 2.45) is 11.7 Å². The molecule has 1 aromatic carbocycles. The molecule has 5 heteroatoms. The van der Waals surface area contributed by atoms with Crippen LogP contribution in [0.3, 0.4) is 0 Å². The van der Waals surface area contributed by atoms with Gasteiger partial charge in [-0.1, -0.05) is 37.1 Å². The number of rotatable bonds is 5. The van der Waals surface area contributed by atoms with E-state index in [2.05, 4.69) is 34.5 Å². The van der Waals surface area contributed by atoms with E-state index in [-0.39, 0.29) is 23.5 Å². The van der Waals surface area contributed by atoms with Crippen LogP contribution in [0.15, 0.2) is 24.3 Å². The number of amides is 1. The largest absolute Gasteiger partial charge is 0.393 e. The standard InChI is InChI=1S/C21H33N3O2/c1-21(22)11-3-2-4-19(21)20(26)23-14-16-5-7-17(8-6-16)15-24-12-9-18(25)10-13-24/h5-8,18-19,25H,2-4,9-15,22H2,1H3,(H,23,26). The quantitative estimate of drug-likeness (QED) is 0.753. The molecule has 2 fully saturated rings. The van der Waals surface area contributed by atoms with Gasteiger partial charge in [-0.3, -0.25) is 9.69 Å². The van der Waals surface area contributed by atoms with Crippen LogP contribution in [0.5, 0.6) is 0 Å². The van der Waals surface area contributed by atoms with Crippen molar-refractivity contribution in [3.63, 3.8) is 0 Å². The molecule has 1 amide bonds. The van der Waals surface area contributed by atoms with Gasteiger partial charge in [0.15, 0.2) is 0 Å². The molecule has 2 atom stereocenters. The van der Waals surface area contributed by atoms with Crippen LogP contribution in [0, 0.1) is 5.92 Å². The summed E-state index contributed by atoms with van der Waals surface area (Å²) >= 11 is 0. The Balaban J connectivity index is 1.47. The van der Waals surface area contributed by atoms with Gasteiger partial charge in [0.2, 0.25) is 5.91 Å². The number of hydrogen-bond donors (Lipinski definition) is 3. The average molecular weight is 360 g/mol. The number of benzene rings is 1. The fourth-order valence-electron chi connectivity index (χ4n) is 4.20. The van der Waals surface area contributed by atoms with Crippen LogP contribution in [0.25, 0.3) is 0 Å². The molecule has 2 aliphatic rings. The number of likely N-dealkylation sites (tertiary alicyclic amines) is 1. The number of carbonyl (C=O) groups excluding carboxylic acids is 1. The highest BCUT2D eigenvalue weighted by atomic mass is 16.3. The summed E-state index contributed by atoms with van der Waals surface area (Å²) in [5, 5.41) is 12.7. The fourth-order valence-corrected chi connectivity index (χ4v) is 4.20. The molecular weight excluding hydrogens is 326 g/mol. The summed E-state index contributed by atoms with van der Waals surface area (Å²) in [6, 6.07) is 8.47. The number of nitrogens with zero attached hydrogens (tertiary/aromatic N) is 1. The third kappa shape index (κ3) is 5.06. The van der Waals surface area contributed by atoms with E-state index in [1.165, 1.54) is 5.56 Å². The zero-order chi connectivity index (χ0) is 18.6. The smallest absolute Gasteiger partial charge is 0.225 e. The topological polar surface area (TPSA) is 78.6 Å². The Bertz CT molecular complexity index is 592. The van der Waals surface area contributed by atoms with E-state index in [4.69, 9.17) is 5.73 Å². The molecule has 144 valence electrons. The lowest BCUT2D eigenvalue weighted by Gasteiger charge is -2.37. The molecule has 1 aromatic rings. The first-order valence-corrected chi connectivity index (χ1v) is 9.99. The number of aliphatic hydroxyl groups is 1. The Morgan fingerprint density at radius 3 is 2.50 bits per heavy atom. The molecule has 0 radical (unpaired) electrons. The van der Waals surface area contributed by atoms with Crippen LogP contribution < -0.4 is 11.1 Å². The van der Waals surface area contributed by atoms with Gasteiger partial charge in [-0.25, -0.2) is 0 Å². The second-order valence-electron chi connectivity index (χ2n) is 8.35. The molecule has 0 aromatic heterocycles. The van der Waals surface area contributed by atoms with Gasteiger partial charge >= 0.3 is 0 Å². The van der Waals surface area contributed by atoms with Gasteiger partial charge in [0.1, 0.15) is 0 Å². The minimum atomic E-state index is -0.381. The maximum atomic E-state index is 12.5. The normalized spacial score (nSPS) is 28.0. The third-order valence-corrected chi connectivity index (χ3v) is 6.02. The molecule has 2 unspecified atom stereocenters. The van der Waals surface area contributed by atoms with Crippen molar-refractivity contribution in [2.75, 3.05) is 13.1 Å². The number of hydrogen-bond acceptors (Lipinski definition) is 4. The van der Waals surface area contributed by atoms with E-state index in [0.717, 1.165) is 63.7 Å². The molecule has 26 heavy (non-hydrogen) atoms. The Kier molecular flexibility index (Phi) is 6.33. The molecule has 1 heterocycles. The predicted octanol–water partition coefficient (Wildman–Crippen LogP) is 2.17. The van der Waals surface area contributed by atoms with E-state index in [0.29, 0.717) is 6.54 Å². The maximum absolute atomic E-state index is 12.5. The van der Waals surface area contributed by atoms with Crippen molar-refractivity contribution in [1.29, 1.82) is 0 Å². The highest BCUT2D eigenvalue weighted by Crippen LogP contribution is 2.31. The van der Waals surface area contributed by atoms with Crippen molar-refractivity contribution in [3.05, 3.63) is 35.4 Å². The number of nitrogens with one attached hydrogen (secondary N) is 1. The average Bonchev–Trinajstić information content (AvgIpc) is 2.62. The number of nitrogens with two attached hydrogens (primary N) is 1. The molecule has 0 spiro atoms. The SMILES string of the molecule is CC1(N)CCCCC1C(=O)NCc1ccc(CN2CCC(O)CC2)cc1. The zero-order valence-electron chi connectivity index (χ0n) is 15.9. The first kappa shape index (κ1) is 19.3. The molecule has 1 saturated carbocycles. The van der Waals surface area contributed by atoms with Gasteiger partial charge in [-0.15, -0.1) is 0 Å². The summed E-state index contributed by atoms with van der Waals surface area (Å²) in [5.41, 5.74) is 8.34. The summed E-state index contributed by atoms with van der Waals surface area (Å²) in [7, 11) is 0. The molecule has 4 N–H and O–H groups in total. The van der Waals surface area contributed by atoms with Crippen LogP contribution in [-0.2, 0) is 17.9 Å². The molecule has 1 aliphatic carbocycles. The van der Waals surface area contributed by atoms with Gasteiger partial charge < -0.3 is 16.2 Å². The number of piperidine rings is 1. The summed E-state index contributed by atoms with van der Waals surface area (Å²) in [6.45, 7) is 5.40. The molecule has 1 aliphatic heterocycles. The summed E-state index contributed by atoms with van der Waals surface area (Å²) in [4.78, 5) is 14.9. The number of aliphatic hydroxyl groups excluding tert-OH is 1. The predicted molar refractivity (Wildman–Crippen MR) is 103 cm³/mol. The summed E-state index contributed by atoms with van der Waals surface area (Å²) < 4.78 is 0. The fraction of sp³-hybridized carbons (Fsp3) is 0.667. The molecule has 1 saturated heterocycles. The minimum Gasteiger partial charge on any atom is -0.393 e. The maximum Gasteiger partial charge on any atom is 0.225 e. The van der Waals surface area contributed by atoms with Gasteiger partial charge in [-0.05, 0) is 43.7 Å². The summed E-state index contributed by atoms with van der Waals surface area (Å²) in [6.07, 6.45) is 5.63. The van der Waals surface area contributed by atoms with E-state index < -0.39 is 0 Å². The highest BCUT2D eigenvalue weighted by molar-refractivity contribution is 5.80. The van der Waals surface area contributed by atoms with Crippen molar-refractivity contribution in [2.45, 2.75) is 70.2 Å².